The van der Waals surface area contributed by atoms with Crippen molar-refractivity contribution in [3.8, 4) is 0 Å². The summed E-state index contributed by atoms with van der Waals surface area (Å²) < 4.78 is 10.1. The van der Waals surface area contributed by atoms with Crippen LogP contribution in [0.15, 0.2) is 33.5 Å². The van der Waals surface area contributed by atoms with E-state index < -0.39 is 11.6 Å². The Morgan fingerprint density at radius 1 is 1.24 bits per heavy atom. The third-order valence-electron chi connectivity index (χ3n) is 2.95. The van der Waals surface area contributed by atoms with Crippen LogP contribution in [0.4, 0.5) is 0 Å². The highest BCUT2D eigenvalue weighted by Crippen LogP contribution is 2.25. The van der Waals surface area contributed by atoms with Gasteiger partial charge in [-0.3, -0.25) is 0 Å². The molecule has 6 heteroatoms. The lowest BCUT2D eigenvalue weighted by Gasteiger charge is -2.10. The van der Waals surface area contributed by atoms with Gasteiger partial charge < -0.3 is 9.15 Å². The van der Waals surface area contributed by atoms with Crippen molar-refractivity contribution in [2.45, 2.75) is 20.5 Å². The number of hydrogen-bond donors (Lipinski definition) is 0. The number of hydrogen-bond acceptors (Lipinski definition) is 4. The predicted octanol–water partition coefficient (Wildman–Crippen LogP) is 3.92. The highest BCUT2D eigenvalue weighted by atomic mass is 35.5. The average molecular weight is 327 g/mol. The van der Waals surface area contributed by atoms with Crippen LogP contribution in [0.2, 0.25) is 10.0 Å². The SMILES string of the molecule is Cc1cc(=O)oc(C)c1C(=O)OCc1c(Cl)cccc1Cl. The molecule has 0 atom stereocenters. The van der Waals surface area contributed by atoms with Gasteiger partial charge in [0.2, 0.25) is 0 Å². The van der Waals surface area contributed by atoms with Crippen LogP contribution in [0.1, 0.15) is 27.2 Å². The van der Waals surface area contributed by atoms with Gasteiger partial charge in [-0.1, -0.05) is 29.3 Å². The minimum Gasteiger partial charge on any atom is -0.457 e. The van der Waals surface area contributed by atoms with Crippen LogP contribution in [0.5, 0.6) is 0 Å². The van der Waals surface area contributed by atoms with Gasteiger partial charge in [0.15, 0.2) is 0 Å². The van der Waals surface area contributed by atoms with Crippen LogP contribution in [-0.4, -0.2) is 5.97 Å². The summed E-state index contributed by atoms with van der Waals surface area (Å²) in [5.41, 5.74) is 0.759. The Morgan fingerprint density at radius 2 is 1.86 bits per heavy atom. The van der Waals surface area contributed by atoms with Crippen molar-refractivity contribution in [2.24, 2.45) is 0 Å². The smallest absolute Gasteiger partial charge is 0.342 e. The molecule has 0 unspecified atom stereocenters. The second-order valence-electron chi connectivity index (χ2n) is 4.46. The first kappa shape index (κ1) is 15.6. The van der Waals surface area contributed by atoms with Gasteiger partial charge in [-0.15, -0.1) is 0 Å². The Labute approximate surface area is 131 Å². The van der Waals surface area contributed by atoms with Gasteiger partial charge in [0.05, 0.1) is 0 Å². The monoisotopic (exact) mass is 326 g/mol. The molecule has 0 saturated heterocycles. The normalized spacial score (nSPS) is 10.5. The van der Waals surface area contributed by atoms with Gasteiger partial charge in [0.25, 0.3) is 0 Å². The van der Waals surface area contributed by atoms with Crippen molar-refractivity contribution in [1.82, 2.24) is 0 Å². The van der Waals surface area contributed by atoms with Gasteiger partial charge >= 0.3 is 11.6 Å². The average Bonchev–Trinajstić information content (AvgIpc) is 2.36. The molecule has 0 radical (unpaired) electrons. The highest BCUT2D eigenvalue weighted by molar-refractivity contribution is 6.35. The maximum atomic E-state index is 12.1. The summed E-state index contributed by atoms with van der Waals surface area (Å²) in [5, 5.41) is 0.840. The van der Waals surface area contributed by atoms with Crippen molar-refractivity contribution < 1.29 is 13.9 Å². The second kappa shape index (κ2) is 6.33. The fourth-order valence-corrected chi connectivity index (χ4v) is 2.45. The number of halogens is 2. The van der Waals surface area contributed by atoms with E-state index in [2.05, 4.69) is 0 Å². The fraction of sp³-hybridized carbons (Fsp3) is 0.200. The topological polar surface area (TPSA) is 56.5 Å². The summed E-state index contributed by atoms with van der Waals surface area (Å²) in [6, 6.07) is 6.27. The predicted molar refractivity (Wildman–Crippen MR) is 80.0 cm³/mol. The Hall–Kier alpha value is -1.78. The molecule has 110 valence electrons. The molecule has 2 rings (SSSR count). The summed E-state index contributed by atoms with van der Waals surface area (Å²) in [5.74, 6) is -0.375. The third-order valence-corrected chi connectivity index (χ3v) is 3.66. The quantitative estimate of drug-likeness (QED) is 0.802. The Kier molecular flexibility index (Phi) is 4.70. The summed E-state index contributed by atoms with van der Waals surface area (Å²) in [4.78, 5) is 23.3. The first-order valence-electron chi connectivity index (χ1n) is 6.11. The minimum atomic E-state index is -0.593. The van der Waals surface area contributed by atoms with Crippen molar-refractivity contribution >= 4 is 29.2 Å². The first-order chi connectivity index (χ1) is 9.90. The van der Waals surface area contributed by atoms with Crippen LogP contribution < -0.4 is 5.63 Å². The van der Waals surface area contributed by atoms with E-state index in [1.807, 2.05) is 0 Å². The van der Waals surface area contributed by atoms with E-state index in [1.165, 1.54) is 13.0 Å². The van der Waals surface area contributed by atoms with Crippen LogP contribution >= 0.6 is 23.2 Å². The molecule has 0 bridgehead atoms. The number of aryl methyl sites for hydroxylation is 2. The molecule has 21 heavy (non-hydrogen) atoms. The lowest BCUT2D eigenvalue weighted by molar-refractivity contribution is 0.0467. The fourth-order valence-electron chi connectivity index (χ4n) is 1.94. The Morgan fingerprint density at radius 3 is 2.43 bits per heavy atom. The molecule has 0 aliphatic heterocycles. The number of carbonyl (C=O) groups is 1. The zero-order valence-corrected chi connectivity index (χ0v) is 12.9. The zero-order chi connectivity index (χ0) is 15.6. The van der Waals surface area contributed by atoms with Crippen molar-refractivity contribution in [2.75, 3.05) is 0 Å². The van der Waals surface area contributed by atoms with Gasteiger partial charge in [-0.05, 0) is 31.5 Å². The molecule has 0 amide bonds. The molecule has 0 fully saturated rings. The molecule has 1 aromatic heterocycles. The second-order valence-corrected chi connectivity index (χ2v) is 5.27. The van der Waals surface area contributed by atoms with Crippen molar-refractivity contribution in [3.05, 3.63) is 67.2 Å². The summed E-state index contributed by atoms with van der Waals surface area (Å²) in [6.07, 6.45) is 0. The summed E-state index contributed by atoms with van der Waals surface area (Å²) in [7, 11) is 0. The maximum absolute atomic E-state index is 12.1. The molecule has 0 N–H and O–H groups in total. The van der Waals surface area contributed by atoms with Gasteiger partial charge in [0.1, 0.15) is 17.9 Å². The van der Waals surface area contributed by atoms with Crippen LogP contribution in [0.3, 0.4) is 0 Å². The van der Waals surface area contributed by atoms with Gasteiger partial charge in [-0.2, -0.15) is 0 Å². The van der Waals surface area contributed by atoms with Crippen LogP contribution in [-0.2, 0) is 11.3 Å². The molecule has 0 aliphatic rings. The molecule has 2 aromatic rings. The Bertz CT molecular complexity index is 703. The van der Waals surface area contributed by atoms with E-state index in [-0.39, 0.29) is 17.9 Å². The first-order valence-corrected chi connectivity index (χ1v) is 6.87. The molecule has 4 nitrogen and oxygen atoms in total. The number of carbonyl (C=O) groups excluding carboxylic acids is 1. The number of esters is 1. The number of rotatable bonds is 3. The lowest BCUT2D eigenvalue weighted by atomic mass is 10.1. The number of benzene rings is 1. The summed E-state index contributed by atoms with van der Waals surface area (Å²) in [6.45, 7) is 3.12. The van der Waals surface area contributed by atoms with Crippen molar-refractivity contribution in [1.29, 1.82) is 0 Å². The molecular formula is C15H12Cl2O4. The molecule has 0 saturated carbocycles. The molecule has 1 aromatic carbocycles. The largest absolute Gasteiger partial charge is 0.457 e. The number of ether oxygens (including phenoxy) is 1. The van der Waals surface area contributed by atoms with E-state index in [0.29, 0.717) is 21.2 Å². The molecular weight excluding hydrogens is 315 g/mol. The van der Waals surface area contributed by atoms with Gasteiger partial charge in [0, 0.05) is 21.7 Å². The lowest BCUT2D eigenvalue weighted by Crippen LogP contribution is -2.13. The standard InChI is InChI=1S/C15H12Cl2O4/c1-8-6-13(18)21-9(2)14(8)15(19)20-7-10-11(16)4-3-5-12(10)17/h3-6H,7H2,1-2H3. The molecule has 0 spiro atoms. The van der Waals surface area contributed by atoms with E-state index in [0.717, 1.165) is 0 Å². The maximum Gasteiger partial charge on any atom is 0.342 e. The Balaban J connectivity index is 2.22. The zero-order valence-electron chi connectivity index (χ0n) is 11.4. The van der Waals surface area contributed by atoms with E-state index >= 15 is 0 Å². The van der Waals surface area contributed by atoms with E-state index in [1.54, 1.807) is 25.1 Å². The third kappa shape index (κ3) is 3.46. The van der Waals surface area contributed by atoms with Crippen LogP contribution in [0, 0.1) is 13.8 Å². The van der Waals surface area contributed by atoms with Crippen LogP contribution in [0.25, 0.3) is 0 Å². The molecule has 1 heterocycles. The highest BCUT2D eigenvalue weighted by Gasteiger charge is 2.17. The molecule has 0 aliphatic carbocycles. The minimum absolute atomic E-state index is 0.0602. The summed E-state index contributed by atoms with van der Waals surface area (Å²) >= 11 is 12.0. The van der Waals surface area contributed by atoms with E-state index in [9.17, 15) is 9.59 Å². The van der Waals surface area contributed by atoms with Crippen molar-refractivity contribution in [3.63, 3.8) is 0 Å². The van der Waals surface area contributed by atoms with Gasteiger partial charge in [-0.25, -0.2) is 9.59 Å². The van der Waals surface area contributed by atoms with E-state index in [4.69, 9.17) is 32.4 Å².